The second kappa shape index (κ2) is 7.01. The molecule has 0 amide bonds. The molecule has 3 rings (SSSR count). The van der Waals surface area contributed by atoms with Gasteiger partial charge in [0.1, 0.15) is 5.82 Å². The Bertz CT molecular complexity index is 841. The number of carbonyl (C=O) groups excluding carboxylic acids is 1. The van der Waals surface area contributed by atoms with Crippen LogP contribution in [0.3, 0.4) is 0 Å². The first-order valence-corrected chi connectivity index (χ1v) is 8.69. The molecule has 0 bridgehead atoms. The van der Waals surface area contributed by atoms with Crippen molar-refractivity contribution >= 4 is 17.5 Å². The Morgan fingerprint density at radius 3 is 2.33 bits per heavy atom. The number of thioether (sulfide) groups is 1. The van der Waals surface area contributed by atoms with Crippen molar-refractivity contribution in [3.05, 3.63) is 71.5 Å². The van der Waals surface area contributed by atoms with Crippen molar-refractivity contribution in [3.63, 3.8) is 0 Å². The fourth-order valence-corrected chi connectivity index (χ4v) is 3.45. The summed E-state index contributed by atoms with van der Waals surface area (Å²) in [6.45, 7) is 5.88. The molecular formula is C19H19N3OS. The van der Waals surface area contributed by atoms with Gasteiger partial charge in [0.25, 0.3) is 0 Å². The molecule has 0 saturated carbocycles. The highest BCUT2D eigenvalue weighted by Crippen LogP contribution is 2.27. The van der Waals surface area contributed by atoms with Gasteiger partial charge in [-0.05, 0) is 32.9 Å². The molecule has 0 fully saturated rings. The van der Waals surface area contributed by atoms with Crippen LogP contribution in [0.15, 0.2) is 59.8 Å². The van der Waals surface area contributed by atoms with Gasteiger partial charge in [-0.1, -0.05) is 59.8 Å². The van der Waals surface area contributed by atoms with Crippen LogP contribution in [-0.2, 0) is 0 Å². The van der Waals surface area contributed by atoms with Crippen LogP contribution in [-0.4, -0.2) is 25.8 Å². The third-order valence-corrected chi connectivity index (χ3v) is 4.84. The number of rotatable bonds is 5. The molecule has 122 valence electrons. The average Bonchev–Trinajstić information content (AvgIpc) is 2.96. The quantitative estimate of drug-likeness (QED) is 0.516. The minimum Gasteiger partial charge on any atom is -0.293 e. The smallest absolute Gasteiger partial charge is 0.196 e. The number of hydrogen-bond acceptors (Lipinski definition) is 4. The second-order valence-corrected chi connectivity index (χ2v) is 7.00. The first-order chi connectivity index (χ1) is 11.6. The lowest BCUT2D eigenvalue weighted by Gasteiger charge is -2.12. The summed E-state index contributed by atoms with van der Waals surface area (Å²) < 4.78 is 1.98. The molecule has 5 heteroatoms. The van der Waals surface area contributed by atoms with Crippen LogP contribution in [0.1, 0.15) is 28.7 Å². The van der Waals surface area contributed by atoms with Crippen LogP contribution in [0, 0.1) is 13.8 Å². The van der Waals surface area contributed by atoms with Crippen LogP contribution in [0.25, 0.3) is 5.69 Å². The van der Waals surface area contributed by atoms with E-state index in [0.29, 0.717) is 0 Å². The molecule has 3 aromatic rings. The monoisotopic (exact) mass is 337 g/mol. The summed E-state index contributed by atoms with van der Waals surface area (Å²) in [5.41, 5.74) is 2.92. The lowest BCUT2D eigenvalue weighted by molar-refractivity contribution is 0.0994. The van der Waals surface area contributed by atoms with Crippen LogP contribution >= 0.6 is 11.8 Å². The fraction of sp³-hybridized carbons (Fsp3) is 0.211. The number of aryl methyl sites for hydroxylation is 2. The molecule has 1 atom stereocenters. The van der Waals surface area contributed by atoms with E-state index in [1.807, 2.05) is 60.9 Å². The Hall–Kier alpha value is -2.40. The van der Waals surface area contributed by atoms with Crippen molar-refractivity contribution in [2.75, 3.05) is 0 Å². The normalized spacial score (nSPS) is 12.1. The average molecular weight is 337 g/mol. The molecule has 0 N–H and O–H groups in total. The van der Waals surface area contributed by atoms with Gasteiger partial charge in [0.2, 0.25) is 0 Å². The summed E-state index contributed by atoms with van der Waals surface area (Å²) in [6.07, 6.45) is 0. The minimum atomic E-state index is -0.236. The molecule has 2 aromatic carbocycles. The first kappa shape index (κ1) is 16.5. The van der Waals surface area contributed by atoms with Gasteiger partial charge in [0.05, 0.1) is 5.25 Å². The van der Waals surface area contributed by atoms with Crippen molar-refractivity contribution in [1.29, 1.82) is 0 Å². The number of Topliss-reactive ketones (excluding diaryl/α,β-unsaturated/α-hetero) is 1. The summed E-state index contributed by atoms with van der Waals surface area (Å²) in [5.74, 6) is 0.900. The van der Waals surface area contributed by atoms with E-state index in [2.05, 4.69) is 29.3 Å². The minimum absolute atomic E-state index is 0.0942. The molecule has 0 spiro atoms. The van der Waals surface area contributed by atoms with Gasteiger partial charge in [-0.3, -0.25) is 9.36 Å². The van der Waals surface area contributed by atoms with E-state index < -0.39 is 0 Å². The molecule has 24 heavy (non-hydrogen) atoms. The third kappa shape index (κ3) is 3.41. The number of benzene rings is 2. The predicted molar refractivity (Wildman–Crippen MR) is 96.9 cm³/mol. The lowest BCUT2D eigenvalue weighted by atomic mass is 10.1. The zero-order valence-corrected chi connectivity index (χ0v) is 14.7. The topological polar surface area (TPSA) is 47.8 Å². The summed E-state index contributed by atoms with van der Waals surface area (Å²) in [7, 11) is 0. The van der Waals surface area contributed by atoms with E-state index in [-0.39, 0.29) is 11.0 Å². The number of aromatic nitrogens is 3. The fourth-order valence-electron chi connectivity index (χ4n) is 2.46. The van der Waals surface area contributed by atoms with Crippen molar-refractivity contribution in [3.8, 4) is 5.69 Å². The Morgan fingerprint density at radius 1 is 1.00 bits per heavy atom. The van der Waals surface area contributed by atoms with Gasteiger partial charge >= 0.3 is 0 Å². The molecule has 4 nitrogen and oxygen atoms in total. The maximum Gasteiger partial charge on any atom is 0.196 e. The van der Waals surface area contributed by atoms with Gasteiger partial charge in [0, 0.05) is 11.3 Å². The van der Waals surface area contributed by atoms with Crippen molar-refractivity contribution in [2.45, 2.75) is 31.2 Å². The summed E-state index contributed by atoms with van der Waals surface area (Å²) in [6, 6.07) is 17.5. The summed E-state index contributed by atoms with van der Waals surface area (Å²) in [4.78, 5) is 12.6. The third-order valence-electron chi connectivity index (χ3n) is 3.80. The highest BCUT2D eigenvalue weighted by molar-refractivity contribution is 8.00. The SMILES string of the molecule is Cc1ccc(-n2c(C)nnc2SC(C)C(=O)c2ccccc2)cc1. The number of hydrogen-bond donors (Lipinski definition) is 0. The van der Waals surface area contributed by atoms with Crippen LogP contribution in [0.5, 0.6) is 0 Å². The van der Waals surface area contributed by atoms with Crippen LogP contribution in [0.4, 0.5) is 0 Å². The molecule has 0 radical (unpaired) electrons. The molecule has 1 heterocycles. The first-order valence-electron chi connectivity index (χ1n) is 7.81. The highest BCUT2D eigenvalue weighted by Gasteiger charge is 2.20. The molecule has 0 saturated heterocycles. The van der Waals surface area contributed by atoms with Gasteiger partial charge in [-0.2, -0.15) is 0 Å². The number of nitrogens with zero attached hydrogens (tertiary/aromatic N) is 3. The van der Waals surface area contributed by atoms with Gasteiger partial charge in [0.15, 0.2) is 10.9 Å². The highest BCUT2D eigenvalue weighted by atomic mass is 32.2. The number of ketones is 1. The van der Waals surface area contributed by atoms with Crippen molar-refractivity contribution < 1.29 is 4.79 Å². The summed E-state index contributed by atoms with van der Waals surface area (Å²) >= 11 is 1.43. The summed E-state index contributed by atoms with van der Waals surface area (Å²) in [5, 5.41) is 8.93. The standard InChI is InChI=1S/C19H19N3OS/c1-13-9-11-17(12-10-13)22-15(3)20-21-19(22)24-14(2)18(23)16-7-5-4-6-8-16/h4-12,14H,1-3H3. The predicted octanol–water partition coefficient (Wildman–Crippen LogP) is 4.25. The van der Waals surface area contributed by atoms with E-state index in [1.165, 1.54) is 17.3 Å². The molecule has 0 aliphatic rings. The molecule has 1 aromatic heterocycles. The van der Waals surface area contributed by atoms with Crippen molar-refractivity contribution in [2.24, 2.45) is 0 Å². The van der Waals surface area contributed by atoms with Gasteiger partial charge in [-0.15, -0.1) is 10.2 Å². The number of carbonyl (C=O) groups is 1. The molecule has 0 aliphatic carbocycles. The second-order valence-electron chi connectivity index (χ2n) is 5.69. The zero-order chi connectivity index (χ0) is 17.1. The van der Waals surface area contributed by atoms with Gasteiger partial charge in [-0.25, -0.2) is 0 Å². The van der Waals surface area contributed by atoms with E-state index in [9.17, 15) is 4.79 Å². The van der Waals surface area contributed by atoms with Crippen molar-refractivity contribution in [1.82, 2.24) is 14.8 Å². The van der Waals surface area contributed by atoms with Crippen LogP contribution < -0.4 is 0 Å². The van der Waals surface area contributed by atoms with E-state index >= 15 is 0 Å². The van der Waals surface area contributed by atoms with E-state index in [4.69, 9.17) is 0 Å². The Labute approximate surface area is 145 Å². The zero-order valence-electron chi connectivity index (χ0n) is 13.9. The molecule has 1 unspecified atom stereocenters. The Balaban J connectivity index is 1.86. The maximum absolute atomic E-state index is 12.6. The van der Waals surface area contributed by atoms with Gasteiger partial charge < -0.3 is 0 Å². The largest absolute Gasteiger partial charge is 0.293 e. The van der Waals surface area contributed by atoms with E-state index in [0.717, 1.165) is 22.2 Å². The Morgan fingerprint density at radius 2 is 1.67 bits per heavy atom. The van der Waals surface area contributed by atoms with Crippen LogP contribution in [0.2, 0.25) is 0 Å². The lowest BCUT2D eigenvalue weighted by Crippen LogP contribution is -2.14. The molecular weight excluding hydrogens is 318 g/mol. The Kier molecular flexibility index (Phi) is 4.81. The molecule has 0 aliphatic heterocycles. The maximum atomic E-state index is 12.6. The van der Waals surface area contributed by atoms with E-state index in [1.54, 1.807) is 0 Å².